The maximum Gasteiger partial charge on any atom is 0.387 e. The number of pyridine rings is 1. The van der Waals surface area contributed by atoms with Crippen LogP contribution in [0.15, 0.2) is 48.7 Å². The fourth-order valence-electron chi connectivity index (χ4n) is 1.91. The molecule has 0 fully saturated rings. The highest BCUT2D eigenvalue weighted by molar-refractivity contribution is 5.35. The van der Waals surface area contributed by atoms with E-state index in [2.05, 4.69) is 15.0 Å². The van der Waals surface area contributed by atoms with Gasteiger partial charge in [0.1, 0.15) is 5.75 Å². The van der Waals surface area contributed by atoms with Gasteiger partial charge in [-0.25, -0.2) is 0 Å². The molecule has 0 spiro atoms. The van der Waals surface area contributed by atoms with Crippen LogP contribution in [0, 0.1) is 0 Å². The SMILES string of the molecule is CC(NCc1ccccn1)c1ccccc1OC(F)F. The number of ether oxygens (including phenoxy) is 1. The topological polar surface area (TPSA) is 34.2 Å². The van der Waals surface area contributed by atoms with Gasteiger partial charge < -0.3 is 10.1 Å². The number of hydrogen-bond donors (Lipinski definition) is 1. The van der Waals surface area contributed by atoms with Crippen LogP contribution in [0.3, 0.4) is 0 Å². The molecule has 106 valence electrons. The van der Waals surface area contributed by atoms with Crippen molar-refractivity contribution in [2.24, 2.45) is 0 Å². The van der Waals surface area contributed by atoms with Crippen LogP contribution in [-0.2, 0) is 6.54 Å². The Balaban J connectivity index is 2.03. The van der Waals surface area contributed by atoms with E-state index in [1.165, 1.54) is 0 Å². The molecule has 0 saturated heterocycles. The minimum absolute atomic E-state index is 0.119. The lowest BCUT2D eigenvalue weighted by atomic mass is 10.1. The Labute approximate surface area is 116 Å². The van der Waals surface area contributed by atoms with Gasteiger partial charge in [-0.1, -0.05) is 24.3 Å². The summed E-state index contributed by atoms with van der Waals surface area (Å²) >= 11 is 0. The zero-order valence-electron chi connectivity index (χ0n) is 11.1. The standard InChI is InChI=1S/C15H16F2N2O/c1-11(19-10-12-6-4-5-9-18-12)13-7-2-3-8-14(13)20-15(16)17/h2-9,11,15,19H,10H2,1H3. The summed E-state index contributed by atoms with van der Waals surface area (Å²) < 4.78 is 29.3. The largest absolute Gasteiger partial charge is 0.434 e. The lowest BCUT2D eigenvalue weighted by Crippen LogP contribution is -2.20. The van der Waals surface area contributed by atoms with Gasteiger partial charge in [-0.2, -0.15) is 8.78 Å². The van der Waals surface area contributed by atoms with Crippen LogP contribution in [-0.4, -0.2) is 11.6 Å². The van der Waals surface area contributed by atoms with E-state index in [0.29, 0.717) is 12.1 Å². The van der Waals surface area contributed by atoms with Gasteiger partial charge in [0, 0.05) is 24.3 Å². The van der Waals surface area contributed by atoms with Crippen molar-refractivity contribution in [3.63, 3.8) is 0 Å². The van der Waals surface area contributed by atoms with E-state index in [1.807, 2.05) is 25.1 Å². The van der Waals surface area contributed by atoms with Crippen molar-refractivity contribution in [2.75, 3.05) is 0 Å². The number of nitrogens with zero attached hydrogens (tertiary/aromatic N) is 1. The van der Waals surface area contributed by atoms with Gasteiger partial charge in [0.2, 0.25) is 0 Å². The first-order valence-electron chi connectivity index (χ1n) is 6.34. The molecule has 1 atom stereocenters. The van der Waals surface area contributed by atoms with Crippen LogP contribution >= 0.6 is 0 Å². The van der Waals surface area contributed by atoms with Crippen molar-refractivity contribution in [1.29, 1.82) is 0 Å². The van der Waals surface area contributed by atoms with E-state index < -0.39 is 6.61 Å². The molecule has 1 N–H and O–H groups in total. The molecule has 1 unspecified atom stereocenters. The maximum absolute atomic E-state index is 12.4. The van der Waals surface area contributed by atoms with Crippen LogP contribution in [0.2, 0.25) is 0 Å². The van der Waals surface area contributed by atoms with Crippen LogP contribution in [0.1, 0.15) is 24.2 Å². The number of rotatable bonds is 6. The van der Waals surface area contributed by atoms with Crippen LogP contribution in [0.5, 0.6) is 5.75 Å². The average Bonchev–Trinajstić information content (AvgIpc) is 2.46. The molecule has 0 aliphatic carbocycles. The van der Waals surface area contributed by atoms with Gasteiger partial charge >= 0.3 is 6.61 Å². The normalized spacial score (nSPS) is 12.4. The fourth-order valence-corrected chi connectivity index (χ4v) is 1.91. The lowest BCUT2D eigenvalue weighted by Gasteiger charge is -2.17. The van der Waals surface area contributed by atoms with Crippen molar-refractivity contribution < 1.29 is 13.5 Å². The smallest absolute Gasteiger partial charge is 0.387 e. The first-order valence-corrected chi connectivity index (χ1v) is 6.34. The third-order valence-corrected chi connectivity index (χ3v) is 2.92. The molecule has 5 heteroatoms. The average molecular weight is 278 g/mol. The monoisotopic (exact) mass is 278 g/mol. The van der Waals surface area contributed by atoms with E-state index in [9.17, 15) is 8.78 Å². The number of benzene rings is 1. The molecule has 0 bridgehead atoms. The Morgan fingerprint density at radius 1 is 1.15 bits per heavy atom. The highest BCUT2D eigenvalue weighted by Gasteiger charge is 2.14. The second-order valence-corrected chi connectivity index (χ2v) is 4.34. The molecule has 3 nitrogen and oxygen atoms in total. The number of aromatic nitrogens is 1. The summed E-state index contributed by atoms with van der Waals surface area (Å²) in [5.41, 5.74) is 1.59. The highest BCUT2D eigenvalue weighted by Crippen LogP contribution is 2.26. The summed E-state index contributed by atoms with van der Waals surface area (Å²) in [6, 6.07) is 12.3. The van der Waals surface area contributed by atoms with Crippen LogP contribution < -0.4 is 10.1 Å². The summed E-state index contributed by atoms with van der Waals surface area (Å²) in [6.07, 6.45) is 1.72. The molecule has 0 radical (unpaired) electrons. The lowest BCUT2D eigenvalue weighted by molar-refractivity contribution is -0.0506. The van der Waals surface area contributed by atoms with Gasteiger partial charge in [-0.3, -0.25) is 4.98 Å². The van der Waals surface area contributed by atoms with Crippen molar-refractivity contribution in [1.82, 2.24) is 10.3 Å². The number of alkyl halides is 2. The van der Waals surface area contributed by atoms with Crippen molar-refractivity contribution in [3.05, 3.63) is 59.9 Å². The first-order chi connectivity index (χ1) is 9.66. The Bertz CT molecular complexity index is 534. The molecule has 0 amide bonds. The quantitative estimate of drug-likeness (QED) is 0.877. The predicted octanol–water partition coefficient (Wildman–Crippen LogP) is 3.53. The molecule has 20 heavy (non-hydrogen) atoms. The molecule has 0 aliphatic rings. The first kappa shape index (κ1) is 14.4. The Morgan fingerprint density at radius 2 is 1.90 bits per heavy atom. The molecule has 2 rings (SSSR count). The van der Waals surface area contributed by atoms with Gasteiger partial charge in [0.25, 0.3) is 0 Å². The van der Waals surface area contributed by atoms with E-state index >= 15 is 0 Å². The minimum atomic E-state index is -2.82. The number of hydrogen-bond acceptors (Lipinski definition) is 3. The van der Waals surface area contributed by atoms with Crippen molar-refractivity contribution >= 4 is 0 Å². The molecular weight excluding hydrogens is 262 g/mol. The zero-order chi connectivity index (χ0) is 14.4. The summed E-state index contributed by atoms with van der Waals surface area (Å²) in [5.74, 6) is 0.198. The summed E-state index contributed by atoms with van der Waals surface area (Å²) in [4.78, 5) is 4.20. The third kappa shape index (κ3) is 3.99. The predicted molar refractivity (Wildman–Crippen MR) is 72.6 cm³/mol. The molecule has 1 aromatic heterocycles. The molecular formula is C15H16F2N2O. The number of nitrogens with one attached hydrogen (secondary N) is 1. The Morgan fingerprint density at radius 3 is 2.60 bits per heavy atom. The number of halogens is 2. The second-order valence-electron chi connectivity index (χ2n) is 4.34. The Hall–Kier alpha value is -2.01. The third-order valence-electron chi connectivity index (χ3n) is 2.92. The van der Waals surface area contributed by atoms with Crippen molar-refractivity contribution in [2.45, 2.75) is 26.1 Å². The van der Waals surface area contributed by atoms with E-state index in [1.54, 1.807) is 30.5 Å². The van der Waals surface area contributed by atoms with E-state index in [0.717, 1.165) is 5.69 Å². The molecule has 1 aromatic carbocycles. The molecule has 1 heterocycles. The van der Waals surface area contributed by atoms with Gasteiger partial charge in [-0.15, -0.1) is 0 Å². The van der Waals surface area contributed by atoms with Crippen molar-refractivity contribution in [3.8, 4) is 5.75 Å². The molecule has 2 aromatic rings. The van der Waals surface area contributed by atoms with E-state index in [4.69, 9.17) is 0 Å². The van der Waals surface area contributed by atoms with E-state index in [-0.39, 0.29) is 11.8 Å². The zero-order valence-corrected chi connectivity index (χ0v) is 11.1. The molecule has 0 aliphatic heterocycles. The van der Waals surface area contributed by atoms with Gasteiger partial charge in [0.05, 0.1) is 5.69 Å². The Kier molecular flexibility index (Phi) is 5.01. The summed E-state index contributed by atoms with van der Waals surface area (Å²) in [6.45, 7) is -0.360. The highest BCUT2D eigenvalue weighted by atomic mass is 19.3. The second kappa shape index (κ2) is 6.96. The number of para-hydroxylation sites is 1. The summed E-state index contributed by atoms with van der Waals surface area (Å²) in [5, 5.41) is 3.24. The minimum Gasteiger partial charge on any atom is -0.434 e. The van der Waals surface area contributed by atoms with Gasteiger partial charge in [-0.05, 0) is 25.1 Å². The van der Waals surface area contributed by atoms with Crippen LogP contribution in [0.4, 0.5) is 8.78 Å². The summed E-state index contributed by atoms with van der Waals surface area (Å²) in [7, 11) is 0. The maximum atomic E-state index is 12.4. The molecule has 0 saturated carbocycles. The van der Waals surface area contributed by atoms with Crippen LogP contribution in [0.25, 0.3) is 0 Å². The fraction of sp³-hybridized carbons (Fsp3) is 0.267. The van der Waals surface area contributed by atoms with Gasteiger partial charge in [0.15, 0.2) is 0 Å².